The molecule has 0 fully saturated rings. The Morgan fingerprint density at radius 2 is 2.00 bits per heavy atom. The van der Waals surface area contributed by atoms with Crippen molar-refractivity contribution in [2.45, 2.75) is 13.3 Å². The fraction of sp³-hybridized carbons (Fsp3) is 0.312. The first-order valence-electron chi connectivity index (χ1n) is 7.24. The summed E-state index contributed by atoms with van der Waals surface area (Å²) in [7, 11) is 1.66. The van der Waals surface area contributed by atoms with Gasteiger partial charge in [-0.3, -0.25) is 4.79 Å². The normalized spacial score (nSPS) is 10.4. The van der Waals surface area contributed by atoms with Crippen LogP contribution in [0, 0.1) is 6.92 Å². The third-order valence-corrected chi connectivity index (χ3v) is 3.25. The Labute approximate surface area is 140 Å². The zero-order valence-electron chi connectivity index (χ0n) is 13.1. The Balaban J connectivity index is 2.04. The van der Waals surface area contributed by atoms with Crippen LogP contribution in [0.25, 0.3) is 0 Å². The van der Waals surface area contributed by atoms with E-state index in [2.05, 4.69) is 20.6 Å². The highest BCUT2D eigenvalue weighted by Gasteiger charge is 2.11. The third-order valence-electron chi connectivity index (χ3n) is 3.00. The highest BCUT2D eigenvalue weighted by Crippen LogP contribution is 2.14. The van der Waals surface area contributed by atoms with Gasteiger partial charge in [0.1, 0.15) is 5.69 Å². The number of halogens is 1. The maximum Gasteiger partial charge on any atom is 0.274 e. The van der Waals surface area contributed by atoms with Crippen molar-refractivity contribution in [3.8, 4) is 0 Å². The summed E-state index contributed by atoms with van der Waals surface area (Å²) in [6.07, 6.45) is 0.833. The fourth-order valence-corrected chi connectivity index (χ4v) is 2.03. The molecule has 0 aliphatic heterocycles. The van der Waals surface area contributed by atoms with Gasteiger partial charge in [0.05, 0.1) is 0 Å². The number of rotatable bonds is 7. The number of ether oxygens (including phenoxy) is 1. The molecule has 122 valence electrons. The summed E-state index contributed by atoms with van der Waals surface area (Å²) in [5.41, 5.74) is 1.68. The van der Waals surface area contributed by atoms with Crippen LogP contribution < -0.4 is 10.6 Å². The number of aromatic nitrogens is 2. The lowest BCUT2D eigenvalue weighted by atomic mass is 10.3. The Bertz CT molecular complexity index is 662. The number of hydrogen-bond acceptors (Lipinski definition) is 5. The van der Waals surface area contributed by atoms with Crippen LogP contribution in [0.15, 0.2) is 30.3 Å². The van der Waals surface area contributed by atoms with Crippen LogP contribution in [-0.4, -0.2) is 36.1 Å². The molecule has 2 aromatic rings. The maximum absolute atomic E-state index is 12.3. The molecule has 6 nitrogen and oxygen atoms in total. The maximum atomic E-state index is 12.3. The summed E-state index contributed by atoms with van der Waals surface area (Å²) in [5, 5.41) is 6.48. The summed E-state index contributed by atoms with van der Waals surface area (Å²) in [5.74, 6) is 0.139. The van der Waals surface area contributed by atoms with E-state index in [1.54, 1.807) is 37.4 Å². The van der Waals surface area contributed by atoms with Crippen molar-refractivity contribution >= 4 is 29.1 Å². The number of carbonyl (C=O) groups excluding carboxylic acids is 1. The van der Waals surface area contributed by atoms with Gasteiger partial charge in [-0.05, 0) is 43.7 Å². The van der Waals surface area contributed by atoms with Crippen LogP contribution in [0.5, 0.6) is 0 Å². The molecular weight excluding hydrogens is 316 g/mol. The molecular formula is C16H19ClN4O2. The van der Waals surface area contributed by atoms with E-state index in [0.717, 1.165) is 12.1 Å². The Morgan fingerprint density at radius 3 is 2.70 bits per heavy atom. The van der Waals surface area contributed by atoms with Crippen molar-refractivity contribution in [1.29, 1.82) is 0 Å². The number of nitrogens with one attached hydrogen (secondary N) is 2. The molecule has 0 saturated carbocycles. The lowest BCUT2D eigenvalue weighted by molar-refractivity contribution is 0.102. The number of anilines is 2. The van der Waals surface area contributed by atoms with Gasteiger partial charge < -0.3 is 15.4 Å². The second kappa shape index (κ2) is 8.45. The first-order valence-corrected chi connectivity index (χ1v) is 7.61. The Kier molecular flexibility index (Phi) is 6.31. The van der Waals surface area contributed by atoms with Gasteiger partial charge in [-0.15, -0.1) is 0 Å². The van der Waals surface area contributed by atoms with Crippen molar-refractivity contribution < 1.29 is 9.53 Å². The quantitative estimate of drug-likeness (QED) is 0.761. The summed E-state index contributed by atoms with van der Waals surface area (Å²) < 4.78 is 4.99. The van der Waals surface area contributed by atoms with Crippen molar-refractivity contribution in [2.24, 2.45) is 0 Å². The van der Waals surface area contributed by atoms with Gasteiger partial charge >= 0.3 is 0 Å². The molecule has 0 atom stereocenters. The van der Waals surface area contributed by atoms with Gasteiger partial charge in [0.15, 0.2) is 0 Å². The molecule has 7 heteroatoms. The van der Waals surface area contributed by atoms with Crippen molar-refractivity contribution in [3.05, 3.63) is 46.7 Å². The minimum atomic E-state index is -0.294. The molecule has 0 radical (unpaired) electrons. The molecule has 1 aromatic carbocycles. The van der Waals surface area contributed by atoms with Crippen LogP contribution in [0.2, 0.25) is 5.02 Å². The standard InChI is InChI=1S/C16H19ClN4O2/c1-11-10-14(21-16(19-11)18-8-3-9-23-2)15(22)20-13-6-4-12(17)5-7-13/h4-7,10H,3,8-9H2,1-2H3,(H,20,22)(H,18,19,21). The van der Waals surface area contributed by atoms with Crippen LogP contribution in [-0.2, 0) is 4.74 Å². The summed E-state index contributed by atoms with van der Waals surface area (Å²) in [4.78, 5) is 20.8. The largest absolute Gasteiger partial charge is 0.385 e. The highest BCUT2D eigenvalue weighted by atomic mass is 35.5. The van der Waals surface area contributed by atoms with E-state index in [1.165, 1.54) is 0 Å². The second-order valence-corrected chi connectivity index (χ2v) is 5.39. The van der Waals surface area contributed by atoms with Gasteiger partial charge in [0.25, 0.3) is 5.91 Å². The number of methoxy groups -OCH3 is 1. The fourth-order valence-electron chi connectivity index (χ4n) is 1.91. The first kappa shape index (κ1) is 17.2. The van der Waals surface area contributed by atoms with Crippen molar-refractivity contribution in [2.75, 3.05) is 30.9 Å². The van der Waals surface area contributed by atoms with E-state index in [4.69, 9.17) is 16.3 Å². The number of nitrogens with zero attached hydrogens (tertiary/aromatic N) is 2. The van der Waals surface area contributed by atoms with Crippen LogP contribution in [0.3, 0.4) is 0 Å². The van der Waals surface area contributed by atoms with E-state index in [-0.39, 0.29) is 5.91 Å². The zero-order chi connectivity index (χ0) is 16.7. The molecule has 0 bridgehead atoms. The molecule has 1 aromatic heterocycles. The lowest BCUT2D eigenvalue weighted by Gasteiger charge is -2.09. The number of benzene rings is 1. The Morgan fingerprint density at radius 1 is 1.26 bits per heavy atom. The van der Waals surface area contributed by atoms with E-state index in [9.17, 15) is 4.79 Å². The van der Waals surface area contributed by atoms with E-state index >= 15 is 0 Å². The zero-order valence-corrected chi connectivity index (χ0v) is 13.9. The number of amides is 1. The number of aryl methyl sites for hydroxylation is 1. The average Bonchev–Trinajstić information content (AvgIpc) is 2.53. The SMILES string of the molecule is COCCCNc1nc(C)cc(C(=O)Nc2ccc(Cl)cc2)n1. The topological polar surface area (TPSA) is 76.1 Å². The summed E-state index contributed by atoms with van der Waals surface area (Å²) >= 11 is 5.83. The van der Waals surface area contributed by atoms with E-state index in [1.807, 2.05) is 6.92 Å². The molecule has 0 spiro atoms. The highest BCUT2D eigenvalue weighted by molar-refractivity contribution is 6.30. The minimum absolute atomic E-state index is 0.294. The smallest absolute Gasteiger partial charge is 0.274 e. The van der Waals surface area contributed by atoms with Crippen LogP contribution in [0.1, 0.15) is 22.6 Å². The van der Waals surface area contributed by atoms with E-state index < -0.39 is 0 Å². The van der Waals surface area contributed by atoms with Crippen molar-refractivity contribution in [1.82, 2.24) is 9.97 Å². The Hall–Kier alpha value is -2.18. The molecule has 0 aliphatic rings. The third kappa shape index (κ3) is 5.50. The van der Waals surface area contributed by atoms with Gasteiger partial charge in [0.2, 0.25) is 5.95 Å². The number of hydrogen-bond donors (Lipinski definition) is 2. The molecule has 0 saturated heterocycles. The van der Waals surface area contributed by atoms with Crippen molar-refractivity contribution in [3.63, 3.8) is 0 Å². The number of carbonyl (C=O) groups is 1. The molecule has 1 heterocycles. The minimum Gasteiger partial charge on any atom is -0.385 e. The molecule has 2 rings (SSSR count). The summed E-state index contributed by atoms with van der Waals surface area (Å²) in [6, 6.07) is 8.54. The molecule has 23 heavy (non-hydrogen) atoms. The van der Waals surface area contributed by atoms with Gasteiger partial charge in [-0.2, -0.15) is 0 Å². The van der Waals surface area contributed by atoms with E-state index in [0.29, 0.717) is 35.5 Å². The van der Waals surface area contributed by atoms with Gasteiger partial charge in [-0.25, -0.2) is 9.97 Å². The monoisotopic (exact) mass is 334 g/mol. The van der Waals surface area contributed by atoms with Crippen LogP contribution in [0.4, 0.5) is 11.6 Å². The van der Waals surface area contributed by atoms with Gasteiger partial charge in [-0.1, -0.05) is 11.6 Å². The summed E-state index contributed by atoms with van der Waals surface area (Å²) in [6.45, 7) is 3.15. The molecule has 0 unspecified atom stereocenters. The first-order chi connectivity index (χ1) is 11.1. The molecule has 1 amide bonds. The van der Waals surface area contributed by atoms with Gasteiger partial charge in [0, 0.05) is 36.7 Å². The second-order valence-electron chi connectivity index (χ2n) is 4.95. The predicted molar refractivity (Wildman–Crippen MR) is 91.2 cm³/mol. The van der Waals surface area contributed by atoms with Crippen LogP contribution >= 0.6 is 11.6 Å². The molecule has 2 N–H and O–H groups in total. The lowest BCUT2D eigenvalue weighted by Crippen LogP contribution is -2.16. The average molecular weight is 335 g/mol. The molecule has 0 aliphatic carbocycles. The predicted octanol–water partition coefficient (Wildman–Crippen LogP) is 3.14.